The van der Waals surface area contributed by atoms with Gasteiger partial charge in [-0.1, -0.05) is 53.9 Å². The summed E-state index contributed by atoms with van der Waals surface area (Å²) in [5.74, 6) is 1.77. The average Bonchev–Trinajstić information content (AvgIpc) is 2.04. The minimum Gasteiger partial charge on any atom is -0.0654 e. The van der Waals surface area contributed by atoms with Crippen molar-refractivity contribution in [3.63, 3.8) is 0 Å². The van der Waals surface area contributed by atoms with Gasteiger partial charge >= 0.3 is 0 Å². The van der Waals surface area contributed by atoms with Crippen molar-refractivity contribution < 1.29 is 0 Å². The van der Waals surface area contributed by atoms with Crippen LogP contribution in [-0.4, -0.2) is 0 Å². The van der Waals surface area contributed by atoms with Gasteiger partial charge in [0.1, 0.15) is 0 Å². The molecule has 73 valence electrons. The van der Waals surface area contributed by atoms with Crippen molar-refractivity contribution >= 4 is 0 Å². The summed E-state index contributed by atoms with van der Waals surface area (Å²) < 4.78 is 0. The highest BCUT2D eigenvalue weighted by molar-refractivity contribution is 5.01. The zero-order chi connectivity index (χ0) is 9.61. The number of hydrogen-bond donors (Lipinski definition) is 0. The van der Waals surface area contributed by atoms with Gasteiger partial charge in [0.25, 0.3) is 0 Å². The fourth-order valence-electron chi connectivity index (χ4n) is 1.66. The van der Waals surface area contributed by atoms with E-state index in [0.29, 0.717) is 5.41 Å². The summed E-state index contributed by atoms with van der Waals surface area (Å²) in [6, 6.07) is 0. The molecule has 0 saturated heterocycles. The Morgan fingerprint density at radius 2 is 1.33 bits per heavy atom. The van der Waals surface area contributed by atoms with E-state index in [1.807, 2.05) is 0 Å². The molecule has 0 N–H and O–H groups in total. The predicted molar refractivity (Wildman–Crippen MR) is 57.1 cm³/mol. The Bertz CT molecular complexity index is 96.6. The minimum atomic E-state index is 0.478. The third-order valence-corrected chi connectivity index (χ3v) is 2.94. The standard InChI is InChI=1S/C12H25/c1-6-9-11(10-7-2)12(4,5)8-3/h6-10H2,1-5H3. The maximum absolute atomic E-state index is 2.38. The van der Waals surface area contributed by atoms with Crippen LogP contribution in [0.25, 0.3) is 0 Å². The molecule has 1 radical (unpaired) electrons. The molecule has 0 unspecified atom stereocenters. The zero-order valence-corrected chi connectivity index (χ0v) is 9.54. The second kappa shape index (κ2) is 5.61. The van der Waals surface area contributed by atoms with Crippen molar-refractivity contribution in [2.75, 3.05) is 0 Å². The maximum atomic E-state index is 2.38. The Hall–Kier alpha value is 0. The van der Waals surface area contributed by atoms with E-state index in [9.17, 15) is 0 Å². The zero-order valence-electron chi connectivity index (χ0n) is 9.54. The summed E-state index contributed by atoms with van der Waals surface area (Å²) in [5.41, 5.74) is 0.478. The summed E-state index contributed by atoms with van der Waals surface area (Å²) in [7, 11) is 0. The third kappa shape index (κ3) is 3.60. The van der Waals surface area contributed by atoms with Gasteiger partial charge in [0.2, 0.25) is 0 Å². The van der Waals surface area contributed by atoms with Crippen LogP contribution in [0.3, 0.4) is 0 Å². The normalized spacial score (nSPS) is 12.5. The molecular weight excluding hydrogens is 144 g/mol. The van der Waals surface area contributed by atoms with E-state index in [-0.39, 0.29) is 0 Å². The Morgan fingerprint density at radius 1 is 0.917 bits per heavy atom. The molecule has 0 aliphatic carbocycles. The van der Waals surface area contributed by atoms with E-state index >= 15 is 0 Å². The van der Waals surface area contributed by atoms with Crippen LogP contribution >= 0.6 is 0 Å². The van der Waals surface area contributed by atoms with Gasteiger partial charge in [0.05, 0.1) is 0 Å². The molecule has 0 heteroatoms. The molecule has 0 atom stereocenters. The van der Waals surface area contributed by atoms with Gasteiger partial charge in [-0.3, -0.25) is 0 Å². The lowest BCUT2D eigenvalue weighted by Gasteiger charge is -2.32. The summed E-state index contributed by atoms with van der Waals surface area (Å²) in [5, 5.41) is 0. The molecule has 0 aromatic carbocycles. The molecule has 0 spiro atoms. The van der Waals surface area contributed by atoms with Crippen molar-refractivity contribution in [3.05, 3.63) is 5.92 Å². The average molecular weight is 169 g/mol. The van der Waals surface area contributed by atoms with Crippen molar-refractivity contribution in [1.82, 2.24) is 0 Å². The maximum Gasteiger partial charge on any atom is -0.0185 e. The fourth-order valence-corrected chi connectivity index (χ4v) is 1.66. The number of rotatable bonds is 6. The first-order valence-corrected chi connectivity index (χ1v) is 5.43. The molecule has 0 aromatic rings. The van der Waals surface area contributed by atoms with Crippen molar-refractivity contribution in [3.8, 4) is 0 Å². The molecule has 0 rings (SSSR count). The van der Waals surface area contributed by atoms with Crippen LogP contribution in [-0.2, 0) is 0 Å². The Morgan fingerprint density at radius 3 is 1.58 bits per heavy atom. The highest BCUT2D eigenvalue weighted by Crippen LogP contribution is 2.38. The molecule has 0 aromatic heterocycles. The molecule has 0 fully saturated rings. The van der Waals surface area contributed by atoms with Crippen LogP contribution in [0.4, 0.5) is 0 Å². The van der Waals surface area contributed by atoms with Crippen molar-refractivity contribution in [2.45, 2.75) is 66.7 Å². The molecule has 12 heavy (non-hydrogen) atoms. The van der Waals surface area contributed by atoms with Gasteiger partial charge in [-0.2, -0.15) is 0 Å². The highest BCUT2D eigenvalue weighted by atomic mass is 14.3. The van der Waals surface area contributed by atoms with Gasteiger partial charge in [-0.05, 0) is 24.2 Å². The summed E-state index contributed by atoms with van der Waals surface area (Å²) in [6.45, 7) is 11.6. The van der Waals surface area contributed by atoms with E-state index < -0.39 is 0 Å². The topological polar surface area (TPSA) is 0 Å². The first-order chi connectivity index (χ1) is 5.58. The Balaban J connectivity index is 4.07. The van der Waals surface area contributed by atoms with Crippen LogP contribution in [0.5, 0.6) is 0 Å². The van der Waals surface area contributed by atoms with Crippen LogP contribution < -0.4 is 0 Å². The van der Waals surface area contributed by atoms with E-state index in [1.165, 1.54) is 32.1 Å². The first-order valence-electron chi connectivity index (χ1n) is 5.43. The van der Waals surface area contributed by atoms with Crippen molar-refractivity contribution in [1.29, 1.82) is 0 Å². The van der Waals surface area contributed by atoms with Crippen molar-refractivity contribution in [2.24, 2.45) is 5.41 Å². The molecule has 0 nitrogen and oxygen atoms in total. The number of hydrogen-bond acceptors (Lipinski definition) is 0. The van der Waals surface area contributed by atoms with Crippen LogP contribution in [0.1, 0.15) is 66.7 Å². The summed E-state index contributed by atoms with van der Waals surface area (Å²) >= 11 is 0. The van der Waals surface area contributed by atoms with Gasteiger partial charge in [-0.25, -0.2) is 0 Å². The molecule has 0 bridgehead atoms. The summed E-state index contributed by atoms with van der Waals surface area (Å²) in [6.07, 6.45) is 6.54. The molecule has 0 aliphatic rings. The largest absolute Gasteiger partial charge is 0.0654 e. The quantitative estimate of drug-likeness (QED) is 0.545. The third-order valence-electron chi connectivity index (χ3n) is 2.94. The SMILES string of the molecule is CCC[C](CCC)C(C)(C)CC. The molecule has 0 amide bonds. The lowest BCUT2D eigenvalue weighted by molar-refractivity contribution is 0.329. The van der Waals surface area contributed by atoms with E-state index in [4.69, 9.17) is 0 Å². The molecular formula is C12H25. The first kappa shape index (κ1) is 12.0. The molecule has 0 aliphatic heterocycles. The summed E-state index contributed by atoms with van der Waals surface area (Å²) in [4.78, 5) is 0. The van der Waals surface area contributed by atoms with Crippen LogP contribution in [0.2, 0.25) is 0 Å². The highest BCUT2D eigenvalue weighted by Gasteiger charge is 2.26. The second-order valence-corrected chi connectivity index (χ2v) is 4.34. The van der Waals surface area contributed by atoms with Gasteiger partial charge in [-0.15, -0.1) is 0 Å². The predicted octanol–water partition coefficient (Wildman–Crippen LogP) is 4.60. The smallest absolute Gasteiger partial charge is 0.0185 e. The minimum absolute atomic E-state index is 0.478. The molecule has 0 saturated carbocycles. The molecule has 0 heterocycles. The van der Waals surface area contributed by atoms with E-state index in [2.05, 4.69) is 34.6 Å². The second-order valence-electron chi connectivity index (χ2n) is 4.34. The van der Waals surface area contributed by atoms with Gasteiger partial charge in [0.15, 0.2) is 0 Å². The lowest BCUT2D eigenvalue weighted by atomic mass is 9.72. The van der Waals surface area contributed by atoms with Crippen LogP contribution in [0, 0.1) is 11.3 Å². The van der Waals surface area contributed by atoms with E-state index in [0.717, 1.165) is 0 Å². The Labute approximate surface area is 78.8 Å². The van der Waals surface area contributed by atoms with Crippen LogP contribution in [0.15, 0.2) is 0 Å². The van der Waals surface area contributed by atoms with Gasteiger partial charge < -0.3 is 0 Å². The lowest BCUT2D eigenvalue weighted by Crippen LogP contribution is -2.21. The van der Waals surface area contributed by atoms with Gasteiger partial charge in [0, 0.05) is 0 Å². The Kier molecular flexibility index (Phi) is 5.61. The fraction of sp³-hybridized carbons (Fsp3) is 0.917. The monoisotopic (exact) mass is 169 g/mol. The van der Waals surface area contributed by atoms with E-state index in [1.54, 1.807) is 5.92 Å².